The number of aromatic hydroxyl groups is 1. The molecule has 1 aliphatic carbocycles. The lowest BCUT2D eigenvalue weighted by atomic mass is 9.93. The lowest BCUT2D eigenvalue weighted by Gasteiger charge is -2.13. The summed E-state index contributed by atoms with van der Waals surface area (Å²) in [5.41, 5.74) is 1.63. The largest absolute Gasteiger partial charge is 0.508 e. The molecule has 0 bridgehead atoms. The molecule has 4 nitrogen and oxygen atoms in total. The molecule has 0 heterocycles. The summed E-state index contributed by atoms with van der Waals surface area (Å²) in [5.74, 6) is 0.762. The minimum atomic E-state index is -0.166. The Balaban J connectivity index is 1.97. The van der Waals surface area contributed by atoms with Crippen LogP contribution in [0.5, 0.6) is 5.75 Å². The number of aliphatic hydroxyl groups excluding tert-OH is 1. The highest BCUT2D eigenvalue weighted by Gasteiger charge is 2.44. The molecule has 1 aliphatic rings. The van der Waals surface area contributed by atoms with Gasteiger partial charge in [-0.25, -0.2) is 0 Å². The quantitative estimate of drug-likeness (QED) is 0.800. The van der Waals surface area contributed by atoms with E-state index in [1.165, 1.54) is 7.11 Å². The van der Waals surface area contributed by atoms with Crippen molar-refractivity contribution in [1.29, 1.82) is 0 Å². The van der Waals surface area contributed by atoms with E-state index in [9.17, 15) is 9.90 Å². The van der Waals surface area contributed by atoms with Gasteiger partial charge in [0.1, 0.15) is 5.75 Å². The second-order valence-electron chi connectivity index (χ2n) is 5.31. The maximum absolute atomic E-state index is 11.4. The number of esters is 1. The van der Waals surface area contributed by atoms with Gasteiger partial charge >= 0.3 is 5.97 Å². The number of methoxy groups -OCH3 is 1. The van der Waals surface area contributed by atoms with Crippen LogP contribution in [0.2, 0.25) is 0 Å². The van der Waals surface area contributed by atoms with Crippen molar-refractivity contribution in [3.8, 4) is 5.75 Å². The van der Waals surface area contributed by atoms with Crippen molar-refractivity contribution >= 4 is 5.97 Å². The minimum Gasteiger partial charge on any atom is -0.508 e. The standard InChI is InChI=1S/C15H20O4/c1-9(5-11-7-13(11)15(18)19-2)10-3-4-14(17)12(6-10)8-16/h3-4,6,9,11,13,16-17H,5,7-8H2,1-2H3. The highest BCUT2D eigenvalue weighted by Crippen LogP contribution is 2.45. The van der Waals surface area contributed by atoms with E-state index in [4.69, 9.17) is 9.84 Å². The highest BCUT2D eigenvalue weighted by molar-refractivity contribution is 5.75. The first kappa shape index (κ1) is 13.9. The van der Waals surface area contributed by atoms with Crippen LogP contribution in [0.4, 0.5) is 0 Å². The van der Waals surface area contributed by atoms with Crippen molar-refractivity contribution in [2.24, 2.45) is 11.8 Å². The summed E-state index contributed by atoms with van der Waals surface area (Å²) in [5, 5.41) is 18.7. The summed E-state index contributed by atoms with van der Waals surface area (Å²) in [7, 11) is 1.43. The van der Waals surface area contributed by atoms with E-state index >= 15 is 0 Å². The number of benzene rings is 1. The van der Waals surface area contributed by atoms with Crippen LogP contribution in [0.15, 0.2) is 18.2 Å². The molecule has 0 radical (unpaired) electrons. The second kappa shape index (κ2) is 5.61. The first-order valence-corrected chi connectivity index (χ1v) is 6.57. The number of hydrogen-bond acceptors (Lipinski definition) is 4. The van der Waals surface area contributed by atoms with Crippen molar-refractivity contribution in [3.05, 3.63) is 29.3 Å². The molecule has 1 fully saturated rings. The smallest absolute Gasteiger partial charge is 0.308 e. The van der Waals surface area contributed by atoms with Crippen LogP contribution in [0, 0.1) is 11.8 Å². The van der Waals surface area contributed by atoms with Crippen molar-refractivity contribution in [2.75, 3.05) is 7.11 Å². The monoisotopic (exact) mass is 264 g/mol. The van der Waals surface area contributed by atoms with Gasteiger partial charge in [-0.15, -0.1) is 0 Å². The Morgan fingerprint density at radius 1 is 1.53 bits per heavy atom. The number of hydrogen-bond donors (Lipinski definition) is 2. The van der Waals surface area contributed by atoms with Crippen LogP contribution in [0.25, 0.3) is 0 Å². The van der Waals surface area contributed by atoms with E-state index in [-0.39, 0.29) is 24.2 Å². The Labute approximate surface area is 113 Å². The van der Waals surface area contributed by atoms with Crippen molar-refractivity contribution in [3.63, 3.8) is 0 Å². The lowest BCUT2D eigenvalue weighted by Crippen LogP contribution is -2.06. The summed E-state index contributed by atoms with van der Waals surface area (Å²) in [6.45, 7) is 1.93. The van der Waals surface area contributed by atoms with Gasteiger partial charge in [-0.05, 0) is 42.4 Å². The fourth-order valence-electron chi connectivity index (χ4n) is 2.58. The third kappa shape index (κ3) is 3.07. The fourth-order valence-corrected chi connectivity index (χ4v) is 2.58. The van der Waals surface area contributed by atoms with Gasteiger partial charge in [0.2, 0.25) is 0 Å². The number of rotatable bonds is 5. The maximum atomic E-state index is 11.4. The average Bonchev–Trinajstić information content (AvgIpc) is 3.17. The molecule has 4 heteroatoms. The molecule has 0 amide bonds. The van der Waals surface area contributed by atoms with E-state index in [2.05, 4.69) is 6.92 Å². The summed E-state index contributed by atoms with van der Waals surface area (Å²) in [6, 6.07) is 5.31. The summed E-state index contributed by atoms with van der Waals surface area (Å²) >= 11 is 0. The third-order valence-electron chi connectivity index (χ3n) is 3.93. The molecule has 1 aromatic carbocycles. The molecule has 3 atom stereocenters. The molecular weight excluding hydrogens is 244 g/mol. The van der Waals surface area contributed by atoms with Gasteiger partial charge in [-0.3, -0.25) is 4.79 Å². The maximum Gasteiger partial charge on any atom is 0.308 e. The first-order chi connectivity index (χ1) is 9.06. The van der Waals surface area contributed by atoms with E-state index in [1.807, 2.05) is 12.1 Å². The van der Waals surface area contributed by atoms with Gasteiger partial charge in [0, 0.05) is 5.56 Å². The Morgan fingerprint density at radius 3 is 2.89 bits per heavy atom. The van der Waals surface area contributed by atoms with Gasteiger partial charge in [-0.1, -0.05) is 13.0 Å². The van der Waals surface area contributed by atoms with Crippen molar-refractivity contribution in [2.45, 2.75) is 32.3 Å². The summed E-state index contributed by atoms with van der Waals surface area (Å²) < 4.78 is 4.74. The Morgan fingerprint density at radius 2 is 2.26 bits per heavy atom. The molecule has 3 unspecified atom stereocenters. The normalized spacial score (nSPS) is 22.9. The van der Waals surface area contributed by atoms with E-state index in [0.29, 0.717) is 17.4 Å². The molecule has 2 rings (SSSR count). The third-order valence-corrected chi connectivity index (χ3v) is 3.93. The Bertz CT molecular complexity index is 469. The molecule has 0 aromatic heterocycles. The molecular formula is C15H20O4. The number of phenols is 1. The highest BCUT2D eigenvalue weighted by atomic mass is 16.5. The molecule has 19 heavy (non-hydrogen) atoms. The molecule has 104 valence electrons. The number of carbonyl (C=O) groups is 1. The Hall–Kier alpha value is -1.55. The lowest BCUT2D eigenvalue weighted by molar-refractivity contribution is -0.142. The molecule has 1 saturated carbocycles. The van der Waals surface area contributed by atoms with Gasteiger partial charge in [0.05, 0.1) is 19.6 Å². The number of ether oxygens (including phenoxy) is 1. The zero-order valence-electron chi connectivity index (χ0n) is 11.3. The van der Waals surface area contributed by atoms with Gasteiger partial charge in [0.15, 0.2) is 0 Å². The molecule has 0 spiro atoms. The van der Waals surface area contributed by atoms with Crippen LogP contribution in [-0.2, 0) is 16.1 Å². The predicted octanol–water partition coefficient (Wildman–Crippen LogP) is 2.19. The fraction of sp³-hybridized carbons (Fsp3) is 0.533. The van der Waals surface area contributed by atoms with E-state index < -0.39 is 0 Å². The number of carbonyl (C=O) groups excluding carboxylic acids is 1. The van der Waals surface area contributed by atoms with Crippen LogP contribution >= 0.6 is 0 Å². The van der Waals surface area contributed by atoms with Crippen molar-refractivity contribution < 1.29 is 19.7 Å². The second-order valence-corrected chi connectivity index (χ2v) is 5.31. The van der Waals surface area contributed by atoms with Gasteiger partial charge in [0.25, 0.3) is 0 Å². The SMILES string of the molecule is COC(=O)C1CC1CC(C)c1ccc(O)c(CO)c1. The van der Waals surface area contributed by atoms with E-state index in [0.717, 1.165) is 18.4 Å². The van der Waals surface area contributed by atoms with Crippen LogP contribution in [0.3, 0.4) is 0 Å². The van der Waals surface area contributed by atoms with Gasteiger partial charge < -0.3 is 14.9 Å². The van der Waals surface area contributed by atoms with Gasteiger partial charge in [-0.2, -0.15) is 0 Å². The first-order valence-electron chi connectivity index (χ1n) is 6.57. The zero-order valence-corrected chi connectivity index (χ0v) is 11.3. The Kier molecular flexibility index (Phi) is 4.10. The number of aliphatic hydroxyl groups is 1. The molecule has 2 N–H and O–H groups in total. The van der Waals surface area contributed by atoms with Crippen LogP contribution in [-0.4, -0.2) is 23.3 Å². The summed E-state index contributed by atoms with van der Waals surface area (Å²) in [4.78, 5) is 11.4. The van der Waals surface area contributed by atoms with Crippen molar-refractivity contribution in [1.82, 2.24) is 0 Å². The summed E-state index contributed by atoms with van der Waals surface area (Å²) in [6.07, 6.45) is 1.83. The minimum absolute atomic E-state index is 0.0573. The average molecular weight is 264 g/mol. The predicted molar refractivity (Wildman–Crippen MR) is 70.7 cm³/mol. The zero-order chi connectivity index (χ0) is 14.0. The van der Waals surface area contributed by atoms with E-state index in [1.54, 1.807) is 6.07 Å². The molecule has 1 aromatic rings. The van der Waals surface area contributed by atoms with Crippen LogP contribution < -0.4 is 0 Å². The van der Waals surface area contributed by atoms with Crippen LogP contribution in [0.1, 0.15) is 36.8 Å². The topological polar surface area (TPSA) is 66.8 Å². The molecule has 0 aliphatic heterocycles. The molecule has 0 saturated heterocycles.